The maximum Gasteiger partial charge on any atom is 0.306 e. The fourth-order valence-electron chi connectivity index (χ4n) is 3.39. The van der Waals surface area contributed by atoms with Gasteiger partial charge in [-0.25, -0.2) is 0 Å². The van der Waals surface area contributed by atoms with Gasteiger partial charge in [0, 0.05) is 23.8 Å². The van der Waals surface area contributed by atoms with Crippen LogP contribution >= 0.6 is 0 Å². The van der Waals surface area contributed by atoms with Crippen molar-refractivity contribution in [3.63, 3.8) is 0 Å². The maximum absolute atomic E-state index is 13.2. The van der Waals surface area contributed by atoms with Gasteiger partial charge >= 0.3 is 10.1 Å². The first-order valence-corrected chi connectivity index (χ1v) is 12.8. The van der Waals surface area contributed by atoms with Gasteiger partial charge in [-0.1, -0.05) is 61.5 Å². The van der Waals surface area contributed by atoms with Gasteiger partial charge in [0.25, 0.3) is 5.91 Å². The molecule has 8 heteroatoms. The van der Waals surface area contributed by atoms with Crippen molar-refractivity contribution in [2.24, 2.45) is 5.92 Å². The first kappa shape index (κ1) is 25.7. The molecule has 3 aromatic carbocycles. The molecular weight excluding hydrogens is 466 g/mol. The predicted octanol–water partition coefficient (Wildman–Crippen LogP) is 3.31. The third kappa shape index (κ3) is 7.82. The van der Waals surface area contributed by atoms with Gasteiger partial charge in [-0.15, -0.1) is 0 Å². The second kappa shape index (κ2) is 11.5. The number of nitrogens with zero attached hydrogens (tertiary/aromatic N) is 1. The summed E-state index contributed by atoms with van der Waals surface area (Å²) in [6, 6.07) is 22.7. The van der Waals surface area contributed by atoms with Crippen molar-refractivity contribution in [2.75, 3.05) is 17.7 Å². The summed E-state index contributed by atoms with van der Waals surface area (Å²) in [4.78, 5) is 25.9. The van der Waals surface area contributed by atoms with E-state index in [-0.39, 0.29) is 18.2 Å². The molecule has 0 aromatic heterocycles. The van der Waals surface area contributed by atoms with Gasteiger partial charge in [-0.05, 0) is 59.9 Å². The topological polar surface area (TPSA) is 104 Å². The van der Waals surface area contributed by atoms with Gasteiger partial charge in [0.15, 0.2) is 0 Å². The summed E-state index contributed by atoms with van der Waals surface area (Å²) in [6.45, 7) is 1.88. The normalized spacial score (nSPS) is 12.3. The minimum Gasteiger partial charge on any atom is -0.550 e. The molecule has 1 atom stereocenters. The van der Waals surface area contributed by atoms with Crippen molar-refractivity contribution in [3.05, 3.63) is 102 Å². The third-order valence-corrected chi connectivity index (χ3v) is 5.68. The Labute approximate surface area is 205 Å². The molecular formula is C27H26NO6S-. The first-order chi connectivity index (χ1) is 16.6. The fraction of sp³-hybridized carbons (Fsp3) is 0.185. The smallest absolute Gasteiger partial charge is 0.306 e. The molecule has 0 aliphatic carbocycles. The Hall–Kier alpha value is -3.91. The van der Waals surface area contributed by atoms with E-state index >= 15 is 0 Å². The van der Waals surface area contributed by atoms with Gasteiger partial charge in [0.1, 0.15) is 5.75 Å². The van der Waals surface area contributed by atoms with E-state index in [2.05, 4.69) is 0 Å². The maximum atomic E-state index is 13.2. The van der Waals surface area contributed by atoms with Crippen LogP contribution in [-0.2, 0) is 21.3 Å². The number of hydrogen-bond acceptors (Lipinski definition) is 6. The van der Waals surface area contributed by atoms with Gasteiger partial charge in [0.2, 0.25) is 0 Å². The monoisotopic (exact) mass is 492 g/mol. The van der Waals surface area contributed by atoms with E-state index < -0.39 is 22.0 Å². The van der Waals surface area contributed by atoms with E-state index in [0.29, 0.717) is 17.7 Å². The van der Waals surface area contributed by atoms with Crippen LogP contribution in [-0.4, -0.2) is 33.1 Å². The Balaban J connectivity index is 1.79. The second-order valence-electron chi connectivity index (χ2n) is 8.13. The highest BCUT2D eigenvalue weighted by Gasteiger charge is 2.17. The third-order valence-electron chi connectivity index (χ3n) is 5.18. The number of amides is 1. The Morgan fingerprint density at radius 1 is 0.971 bits per heavy atom. The Bertz CT molecular complexity index is 1280. The highest BCUT2D eigenvalue weighted by Crippen LogP contribution is 2.21. The van der Waals surface area contributed by atoms with Crippen LogP contribution in [0.3, 0.4) is 0 Å². The molecule has 0 saturated carbocycles. The SMILES string of the molecule is C[C@@H](Cc1ccc(N(C/C=C/c2ccc(OS(C)(=O)=O)cc2)C(=O)c2ccccc2)cc1)C(=O)[O-]. The Morgan fingerprint density at radius 2 is 1.60 bits per heavy atom. The minimum atomic E-state index is -3.59. The van der Waals surface area contributed by atoms with E-state index in [1.54, 1.807) is 72.5 Å². The van der Waals surface area contributed by atoms with E-state index in [9.17, 15) is 23.1 Å². The average molecular weight is 493 g/mol. The van der Waals surface area contributed by atoms with Gasteiger partial charge in [-0.3, -0.25) is 4.79 Å². The van der Waals surface area contributed by atoms with Crippen molar-refractivity contribution in [1.82, 2.24) is 0 Å². The van der Waals surface area contributed by atoms with Crippen LogP contribution in [0.15, 0.2) is 84.9 Å². The summed E-state index contributed by atoms with van der Waals surface area (Å²) >= 11 is 0. The van der Waals surface area contributed by atoms with Gasteiger partial charge in [-0.2, -0.15) is 8.42 Å². The molecule has 0 aliphatic heterocycles. The van der Waals surface area contributed by atoms with Crippen LogP contribution in [0.25, 0.3) is 6.08 Å². The molecule has 0 saturated heterocycles. The Kier molecular flexibility index (Phi) is 8.43. The zero-order valence-corrected chi connectivity index (χ0v) is 20.3. The summed E-state index contributed by atoms with van der Waals surface area (Å²) in [5.41, 5.74) is 2.86. The van der Waals surface area contributed by atoms with Gasteiger partial charge < -0.3 is 19.0 Å². The average Bonchev–Trinajstić information content (AvgIpc) is 2.83. The number of carbonyl (C=O) groups excluding carboxylic acids is 2. The van der Waals surface area contributed by atoms with E-state index in [1.165, 1.54) is 0 Å². The molecule has 0 bridgehead atoms. The molecule has 7 nitrogen and oxygen atoms in total. The highest BCUT2D eigenvalue weighted by atomic mass is 32.2. The lowest BCUT2D eigenvalue weighted by Gasteiger charge is -2.22. The summed E-state index contributed by atoms with van der Waals surface area (Å²) < 4.78 is 27.3. The van der Waals surface area contributed by atoms with Crippen molar-refractivity contribution < 1.29 is 27.3 Å². The van der Waals surface area contributed by atoms with Crippen LogP contribution in [0.4, 0.5) is 5.69 Å². The van der Waals surface area contributed by atoms with Crippen molar-refractivity contribution in [3.8, 4) is 5.75 Å². The number of carbonyl (C=O) groups is 2. The molecule has 0 fully saturated rings. The van der Waals surface area contributed by atoms with Crippen molar-refractivity contribution in [2.45, 2.75) is 13.3 Å². The zero-order valence-electron chi connectivity index (χ0n) is 19.5. The number of hydrogen-bond donors (Lipinski definition) is 0. The van der Waals surface area contributed by atoms with E-state index in [1.807, 2.05) is 30.4 Å². The van der Waals surface area contributed by atoms with Crippen LogP contribution in [0.5, 0.6) is 5.75 Å². The summed E-state index contributed by atoms with van der Waals surface area (Å²) in [5.74, 6) is -1.67. The fourth-order valence-corrected chi connectivity index (χ4v) is 3.86. The molecule has 182 valence electrons. The standard InChI is InChI=1S/C27H27NO6S/c1-20(27(30)31)19-22-10-14-24(15-11-22)28(26(29)23-8-4-3-5-9-23)18-6-7-21-12-16-25(17-13-21)34-35(2,32)33/h3-17,20H,18-19H2,1-2H3,(H,30,31)/p-1/b7-6+/t20-/m0/s1. The highest BCUT2D eigenvalue weighted by molar-refractivity contribution is 7.86. The van der Waals surface area contributed by atoms with Crippen LogP contribution in [0.1, 0.15) is 28.4 Å². The molecule has 35 heavy (non-hydrogen) atoms. The molecule has 0 spiro atoms. The quantitative estimate of drug-likeness (QED) is 0.402. The lowest BCUT2D eigenvalue weighted by atomic mass is 10.0. The number of anilines is 1. The minimum absolute atomic E-state index is 0.178. The number of carboxylic acids is 1. The predicted molar refractivity (Wildman–Crippen MR) is 133 cm³/mol. The first-order valence-electron chi connectivity index (χ1n) is 10.9. The Morgan fingerprint density at radius 3 is 2.17 bits per heavy atom. The molecule has 0 unspecified atom stereocenters. The molecule has 0 aliphatic rings. The molecule has 1 amide bonds. The van der Waals surface area contributed by atoms with Crippen LogP contribution < -0.4 is 14.2 Å². The molecule has 3 rings (SSSR count). The van der Waals surface area contributed by atoms with Crippen molar-refractivity contribution >= 4 is 33.8 Å². The number of aliphatic carboxylic acids is 1. The largest absolute Gasteiger partial charge is 0.550 e. The molecule has 3 aromatic rings. The summed E-state index contributed by atoms with van der Waals surface area (Å²) in [5, 5.41) is 11.0. The number of rotatable bonds is 10. The van der Waals surface area contributed by atoms with Crippen molar-refractivity contribution in [1.29, 1.82) is 0 Å². The number of benzene rings is 3. The lowest BCUT2D eigenvalue weighted by Crippen LogP contribution is -2.31. The molecule has 0 heterocycles. The lowest BCUT2D eigenvalue weighted by molar-refractivity contribution is -0.310. The second-order valence-corrected chi connectivity index (χ2v) is 9.71. The van der Waals surface area contributed by atoms with Gasteiger partial charge in [0.05, 0.1) is 6.26 Å². The van der Waals surface area contributed by atoms with Crippen LogP contribution in [0, 0.1) is 5.92 Å². The summed E-state index contributed by atoms with van der Waals surface area (Å²) in [7, 11) is -3.59. The summed E-state index contributed by atoms with van der Waals surface area (Å²) in [6.07, 6.45) is 4.98. The molecule has 0 N–H and O–H groups in total. The number of carboxylic acid groups (broad SMARTS) is 1. The molecule has 0 radical (unpaired) electrons. The van der Waals surface area contributed by atoms with E-state index in [4.69, 9.17) is 4.18 Å². The van der Waals surface area contributed by atoms with E-state index in [0.717, 1.165) is 17.4 Å². The zero-order chi connectivity index (χ0) is 25.4. The van der Waals surface area contributed by atoms with Crippen LogP contribution in [0.2, 0.25) is 0 Å².